The molecule has 0 amide bonds. The summed E-state index contributed by atoms with van der Waals surface area (Å²) in [5.41, 5.74) is 3.49. The molecule has 0 spiro atoms. The highest BCUT2D eigenvalue weighted by atomic mass is 35.5. The van der Waals surface area contributed by atoms with Gasteiger partial charge in [-0.1, -0.05) is 48.0 Å². The lowest BCUT2D eigenvalue weighted by Crippen LogP contribution is -2.03. The van der Waals surface area contributed by atoms with Crippen molar-refractivity contribution in [2.24, 2.45) is 0 Å². The van der Waals surface area contributed by atoms with Gasteiger partial charge in [-0.05, 0) is 42.8 Å². The zero-order valence-electron chi connectivity index (χ0n) is 17.5. The van der Waals surface area contributed by atoms with Crippen LogP contribution in [0.15, 0.2) is 72.8 Å². The van der Waals surface area contributed by atoms with Crippen LogP contribution in [0.3, 0.4) is 0 Å². The second-order valence-electron chi connectivity index (χ2n) is 7.20. The van der Waals surface area contributed by atoms with E-state index in [2.05, 4.69) is 4.98 Å². The zero-order valence-corrected chi connectivity index (χ0v) is 18.3. The number of hydrogen-bond donors (Lipinski definition) is 0. The molecule has 4 aromatic rings. The minimum absolute atomic E-state index is 0.00378. The largest absolute Gasteiger partial charge is 0.489 e. The van der Waals surface area contributed by atoms with Crippen LogP contribution in [0.4, 0.5) is 0 Å². The van der Waals surface area contributed by atoms with Crippen LogP contribution in [-0.2, 0) is 13.2 Å². The van der Waals surface area contributed by atoms with Crippen molar-refractivity contribution in [1.29, 1.82) is 5.26 Å². The Kier molecular flexibility index (Phi) is 6.74. The van der Waals surface area contributed by atoms with Crippen LogP contribution in [-0.4, -0.2) is 11.6 Å². The van der Waals surface area contributed by atoms with Gasteiger partial charge in [0.1, 0.15) is 36.5 Å². The molecular formula is C26H21ClN2O3. The first-order valence-corrected chi connectivity index (χ1v) is 10.5. The van der Waals surface area contributed by atoms with Gasteiger partial charge in [-0.25, -0.2) is 4.98 Å². The molecule has 4 rings (SSSR count). The molecule has 3 aromatic carbocycles. The fourth-order valence-corrected chi connectivity index (χ4v) is 3.49. The Hall–Kier alpha value is -3.75. The van der Waals surface area contributed by atoms with Gasteiger partial charge in [0.2, 0.25) is 0 Å². The highest BCUT2D eigenvalue weighted by Crippen LogP contribution is 2.27. The normalized spacial score (nSPS) is 10.5. The fourth-order valence-electron chi connectivity index (χ4n) is 3.32. The van der Waals surface area contributed by atoms with Gasteiger partial charge < -0.3 is 14.2 Å². The molecule has 160 valence electrons. The molecule has 0 atom stereocenters. The molecule has 0 aliphatic carbocycles. The lowest BCUT2D eigenvalue weighted by Gasteiger charge is -2.14. The zero-order chi connectivity index (χ0) is 22.3. The summed E-state index contributed by atoms with van der Waals surface area (Å²) in [5.74, 6) is 2.04. The van der Waals surface area contributed by atoms with Crippen molar-refractivity contribution in [1.82, 2.24) is 4.98 Å². The number of halogens is 1. The molecule has 0 N–H and O–H groups in total. The summed E-state index contributed by atoms with van der Waals surface area (Å²) < 4.78 is 17.5. The smallest absolute Gasteiger partial charge is 0.174 e. The average Bonchev–Trinajstić information content (AvgIpc) is 2.81. The number of fused-ring (bicyclic) bond motifs is 1. The number of aromatic nitrogens is 1. The first kappa shape index (κ1) is 21.5. The van der Waals surface area contributed by atoms with E-state index in [4.69, 9.17) is 31.1 Å². The number of ether oxygens (including phenoxy) is 3. The second kappa shape index (κ2) is 10.0. The van der Waals surface area contributed by atoms with Crippen LogP contribution >= 0.6 is 11.6 Å². The third-order valence-corrected chi connectivity index (χ3v) is 5.11. The van der Waals surface area contributed by atoms with Gasteiger partial charge in [0, 0.05) is 22.0 Å². The summed E-state index contributed by atoms with van der Waals surface area (Å²) in [6.07, 6.45) is 0. The second-order valence-corrected chi connectivity index (χ2v) is 7.64. The van der Waals surface area contributed by atoms with E-state index in [1.54, 1.807) is 0 Å². The maximum absolute atomic E-state index is 8.81. The SMILES string of the molecule is Cc1cccc(COc2cccc(OCc3ccc4ccc(Cl)cc4n3)c2)c1OCC#N. The van der Waals surface area contributed by atoms with Crippen LogP contribution in [0.2, 0.25) is 5.02 Å². The molecule has 0 fully saturated rings. The molecular weight excluding hydrogens is 424 g/mol. The predicted octanol–water partition coefficient (Wildman–Crippen LogP) is 6.26. The monoisotopic (exact) mass is 444 g/mol. The van der Waals surface area contributed by atoms with E-state index in [1.807, 2.05) is 85.8 Å². The van der Waals surface area contributed by atoms with Crippen molar-refractivity contribution in [3.63, 3.8) is 0 Å². The third-order valence-electron chi connectivity index (χ3n) is 4.87. The summed E-state index contributed by atoms with van der Waals surface area (Å²) in [5, 5.41) is 10.5. The Morgan fingerprint density at radius 2 is 1.62 bits per heavy atom. The summed E-state index contributed by atoms with van der Waals surface area (Å²) >= 11 is 6.07. The lowest BCUT2D eigenvalue weighted by molar-refractivity contribution is 0.281. The molecule has 6 heteroatoms. The van der Waals surface area contributed by atoms with Gasteiger partial charge in [0.15, 0.2) is 6.61 Å². The molecule has 1 heterocycles. The highest BCUT2D eigenvalue weighted by Gasteiger charge is 2.09. The van der Waals surface area contributed by atoms with Crippen molar-refractivity contribution >= 4 is 22.5 Å². The van der Waals surface area contributed by atoms with Crippen LogP contribution in [0, 0.1) is 18.3 Å². The van der Waals surface area contributed by atoms with Gasteiger partial charge in [0.25, 0.3) is 0 Å². The molecule has 0 bridgehead atoms. The number of nitrogens with zero attached hydrogens (tertiary/aromatic N) is 2. The van der Waals surface area contributed by atoms with Crippen molar-refractivity contribution < 1.29 is 14.2 Å². The van der Waals surface area contributed by atoms with E-state index >= 15 is 0 Å². The summed E-state index contributed by atoms with van der Waals surface area (Å²) in [7, 11) is 0. The van der Waals surface area contributed by atoms with Crippen LogP contribution in [0.1, 0.15) is 16.8 Å². The highest BCUT2D eigenvalue weighted by molar-refractivity contribution is 6.31. The Balaban J connectivity index is 1.41. The van der Waals surface area contributed by atoms with E-state index in [9.17, 15) is 0 Å². The Morgan fingerprint density at radius 3 is 2.44 bits per heavy atom. The number of hydrogen-bond acceptors (Lipinski definition) is 5. The minimum Gasteiger partial charge on any atom is -0.489 e. The minimum atomic E-state index is -0.00378. The summed E-state index contributed by atoms with van der Waals surface area (Å²) in [4.78, 5) is 4.61. The molecule has 32 heavy (non-hydrogen) atoms. The average molecular weight is 445 g/mol. The van der Waals surface area contributed by atoms with Crippen molar-refractivity contribution in [2.75, 3.05) is 6.61 Å². The molecule has 0 radical (unpaired) electrons. The maximum Gasteiger partial charge on any atom is 0.174 e. The van der Waals surface area contributed by atoms with Crippen LogP contribution in [0.25, 0.3) is 10.9 Å². The van der Waals surface area contributed by atoms with E-state index in [0.717, 1.165) is 27.7 Å². The van der Waals surface area contributed by atoms with Crippen molar-refractivity contribution in [3.05, 3.63) is 94.6 Å². The van der Waals surface area contributed by atoms with Crippen molar-refractivity contribution in [3.8, 4) is 23.3 Å². The third kappa shape index (κ3) is 5.29. The van der Waals surface area contributed by atoms with E-state index in [1.165, 1.54) is 0 Å². The van der Waals surface area contributed by atoms with Crippen LogP contribution in [0.5, 0.6) is 17.2 Å². The predicted molar refractivity (Wildman–Crippen MR) is 124 cm³/mol. The lowest BCUT2D eigenvalue weighted by atomic mass is 10.1. The van der Waals surface area contributed by atoms with E-state index < -0.39 is 0 Å². The molecule has 0 saturated carbocycles. The van der Waals surface area contributed by atoms with Gasteiger partial charge in [-0.15, -0.1) is 0 Å². The van der Waals surface area contributed by atoms with E-state index in [0.29, 0.717) is 35.5 Å². The molecule has 1 aromatic heterocycles. The number of pyridine rings is 1. The Labute approximate surface area is 191 Å². The number of nitriles is 1. The van der Waals surface area contributed by atoms with E-state index in [-0.39, 0.29) is 6.61 Å². The van der Waals surface area contributed by atoms with Gasteiger partial charge >= 0.3 is 0 Å². The summed E-state index contributed by atoms with van der Waals surface area (Å²) in [6, 6.07) is 24.9. The first-order chi connectivity index (χ1) is 15.6. The quantitative estimate of drug-likeness (QED) is 0.321. The summed E-state index contributed by atoms with van der Waals surface area (Å²) in [6.45, 7) is 2.59. The van der Waals surface area contributed by atoms with Gasteiger partial charge in [-0.3, -0.25) is 0 Å². The fraction of sp³-hybridized carbons (Fsp3) is 0.154. The van der Waals surface area contributed by atoms with Gasteiger partial charge in [-0.2, -0.15) is 5.26 Å². The van der Waals surface area contributed by atoms with Gasteiger partial charge in [0.05, 0.1) is 11.2 Å². The van der Waals surface area contributed by atoms with Crippen molar-refractivity contribution in [2.45, 2.75) is 20.1 Å². The standard InChI is InChI=1S/C26H21ClN2O3/c1-18-4-2-5-20(26(18)30-13-12-28)16-31-23-6-3-7-24(15-23)32-17-22-11-9-19-8-10-21(27)14-25(19)29-22/h2-11,14-15H,13,16-17H2,1H3. The number of aryl methyl sites for hydroxylation is 1. The topological polar surface area (TPSA) is 64.4 Å². The van der Waals surface area contributed by atoms with Crippen LogP contribution < -0.4 is 14.2 Å². The first-order valence-electron chi connectivity index (χ1n) is 10.1. The molecule has 0 aliphatic rings. The number of benzene rings is 3. The molecule has 0 aliphatic heterocycles. The molecule has 0 saturated heterocycles. The number of para-hydroxylation sites is 1. The Bertz CT molecular complexity index is 1280. The maximum atomic E-state index is 8.81. The molecule has 5 nitrogen and oxygen atoms in total. The Morgan fingerprint density at radius 1 is 0.875 bits per heavy atom. The molecule has 0 unspecified atom stereocenters. The number of rotatable bonds is 8.